The average molecular weight is 482 g/mol. The van der Waals surface area contributed by atoms with E-state index in [1.807, 2.05) is 0 Å². The van der Waals surface area contributed by atoms with Crippen molar-refractivity contribution in [2.24, 2.45) is 21.6 Å². The number of anilines is 1. The molecule has 1 atom stereocenters. The predicted molar refractivity (Wildman–Crippen MR) is 98.1 cm³/mol. The Morgan fingerprint density at radius 1 is 1.03 bits per heavy atom. The van der Waals surface area contributed by atoms with Gasteiger partial charge in [-0.05, 0) is 18.2 Å². The first kappa shape index (κ1) is 22.9. The number of aromatic nitrogens is 3. The van der Waals surface area contributed by atoms with E-state index in [9.17, 15) is 35.1 Å². The van der Waals surface area contributed by atoms with Crippen LogP contribution >= 0.6 is 0 Å². The highest BCUT2D eigenvalue weighted by Gasteiger charge is 2.55. The molecule has 16 heteroatoms. The third-order valence-corrected chi connectivity index (χ3v) is 4.91. The second kappa shape index (κ2) is 7.36. The molecule has 1 fully saturated rings. The molecule has 33 heavy (non-hydrogen) atoms. The summed E-state index contributed by atoms with van der Waals surface area (Å²) in [5.41, 5.74) is 3.47. The second-order valence-corrected chi connectivity index (χ2v) is 7.46. The van der Waals surface area contributed by atoms with Gasteiger partial charge in [0.1, 0.15) is 5.69 Å². The number of hydrogen-bond donors (Lipinski definition) is 3. The lowest BCUT2D eigenvalue weighted by molar-refractivity contribution is -0.142. The number of guanidine groups is 1. The SMILES string of the molecule is NC1(C2CC(F)(F)C2)N=C(Nc2ccnc(C(F)(F)F)c2)NC(n2ccc(C(F)(F)F)n2)=N1. The molecule has 0 spiro atoms. The van der Waals surface area contributed by atoms with E-state index >= 15 is 0 Å². The Morgan fingerprint density at radius 2 is 1.70 bits per heavy atom. The molecule has 0 amide bonds. The second-order valence-electron chi connectivity index (χ2n) is 7.46. The largest absolute Gasteiger partial charge is 0.435 e. The van der Waals surface area contributed by atoms with Crippen LogP contribution in [0.5, 0.6) is 0 Å². The summed E-state index contributed by atoms with van der Waals surface area (Å²) in [6.07, 6.45) is -9.11. The lowest BCUT2D eigenvalue weighted by Gasteiger charge is -2.43. The molecular formula is C17H14F8N8. The van der Waals surface area contributed by atoms with Crippen LogP contribution in [0.1, 0.15) is 24.2 Å². The zero-order valence-corrected chi connectivity index (χ0v) is 16.2. The number of alkyl halides is 8. The number of pyridine rings is 1. The molecular weight excluding hydrogens is 468 g/mol. The molecule has 4 rings (SSSR count). The standard InChI is InChI=1S/C17H14F8N8/c18-14(19)6-8(7-14)17(26)30-12(28-9-1-3-27-11(5-9)16(23,24)25)29-13(31-17)33-4-2-10(32-33)15(20,21)22/h1-5,8H,6-7,26H2,(H2,27,28,29,30,31). The molecule has 4 N–H and O–H groups in total. The van der Waals surface area contributed by atoms with Crippen LogP contribution < -0.4 is 16.4 Å². The highest BCUT2D eigenvalue weighted by molar-refractivity contribution is 6.07. The molecule has 2 aliphatic rings. The maximum Gasteiger partial charge on any atom is 0.435 e. The lowest BCUT2D eigenvalue weighted by Crippen LogP contribution is -2.59. The van der Waals surface area contributed by atoms with Gasteiger partial charge in [-0.1, -0.05) is 0 Å². The maximum atomic E-state index is 13.4. The lowest BCUT2D eigenvalue weighted by atomic mass is 9.76. The first-order chi connectivity index (χ1) is 15.1. The van der Waals surface area contributed by atoms with E-state index in [1.54, 1.807) is 0 Å². The van der Waals surface area contributed by atoms with Crippen LogP contribution in [-0.2, 0) is 12.4 Å². The molecule has 3 heterocycles. The molecule has 0 radical (unpaired) electrons. The monoisotopic (exact) mass is 482 g/mol. The van der Waals surface area contributed by atoms with Crippen molar-refractivity contribution in [1.82, 2.24) is 20.1 Å². The third-order valence-electron chi connectivity index (χ3n) is 4.91. The molecule has 8 nitrogen and oxygen atoms in total. The summed E-state index contributed by atoms with van der Waals surface area (Å²) in [4.78, 5) is 11.2. The molecule has 2 aromatic rings. The van der Waals surface area contributed by atoms with Crippen molar-refractivity contribution in [3.8, 4) is 0 Å². The van der Waals surface area contributed by atoms with Crippen LogP contribution in [0.25, 0.3) is 0 Å². The van der Waals surface area contributed by atoms with Gasteiger partial charge in [0.2, 0.25) is 23.6 Å². The maximum absolute atomic E-state index is 13.4. The Hall–Kier alpha value is -3.30. The van der Waals surface area contributed by atoms with Crippen molar-refractivity contribution in [2.45, 2.75) is 36.9 Å². The Bertz CT molecular complexity index is 1110. The van der Waals surface area contributed by atoms with Gasteiger partial charge >= 0.3 is 12.4 Å². The number of nitrogens with two attached hydrogens (primary N) is 1. The van der Waals surface area contributed by atoms with Crippen LogP contribution in [0, 0.1) is 5.92 Å². The van der Waals surface area contributed by atoms with Gasteiger partial charge in [-0.2, -0.15) is 31.4 Å². The fraction of sp³-hybridized carbons (Fsp3) is 0.412. The number of halogens is 8. The van der Waals surface area contributed by atoms with Gasteiger partial charge in [-0.3, -0.25) is 16.0 Å². The zero-order chi connectivity index (χ0) is 24.2. The van der Waals surface area contributed by atoms with Crippen molar-refractivity contribution in [3.05, 3.63) is 42.0 Å². The molecule has 1 unspecified atom stereocenters. The van der Waals surface area contributed by atoms with Crippen LogP contribution in [0.2, 0.25) is 0 Å². The minimum absolute atomic E-state index is 0.150. The van der Waals surface area contributed by atoms with Crippen molar-refractivity contribution in [1.29, 1.82) is 0 Å². The fourth-order valence-corrected chi connectivity index (χ4v) is 3.24. The topological polar surface area (TPSA) is 106 Å². The first-order valence-corrected chi connectivity index (χ1v) is 9.22. The van der Waals surface area contributed by atoms with Gasteiger partial charge in [0.05, 0.1) is 0 Å². The molecule has 0 bridgehead atoms. The highest BCUT2D eigenvalue weighted by atomic mass is 19.4. The Balaban J connectivity index is 1.67. The summed E-state index contributed by atoms with van der Waals surface area (Å²) in [7, 11) is 0. The number of hydrogen-bond acceptors (Lipinski definition) is 7. The van der Waals surface area contributed by atoms with Gasteiger partial charge < -0.3 is 5.32 Å². The fourth-order valence-electron chi connectivity index (χ4n) is 3.24. The van der Waals surface area contributed by atoms with E-state index in [4.69, 9.17) is 5.73 Å². The molecule has 1 aliphatic heterocycles. The molecule has 0 aromatic carbocycles. The quantitative estimate of drug-likeness (QED) is 0.570. The number of aliphatic imine (C=N–C) groups is 2. The van der Waals surface area contributed by atoms with E-state index in [0.717, 1.165) is 18.5 Å². The van der Waals surface area contributed by atoms with Crippen molar-refractivity contribution >= 4 is 17.6 Å². The molecule has 2 aromatic heterocycles. The van der Waals surface area contributed by atoms with Gasteiger partial charge in [0.25, 0.3) is 0 Å². The number of nitrogens with zero attached hydrogens (tertiary/aromatic N) is 5. The third kappa shape index (κ3) is 4.74. The van der Waals surface area contributed by atoms with Crippen LogP contribution in [-0.4, -0.2) is 38.4 Å². The van der Waals surface area contributed by atoms with E-state index in [-0.39, 0.29) is 11.6 Å². The summed E-state index contributed by atoms with van der Waals surface area (Å²) in [5.74, 6) is -6.76. The first-order valence-electron chi connectivity index (χ1n) is 9.22. The minimum Gasteiger partial charge on any atom is -0.326 e. The van der Waals surface area contributed by atoms with Gasteiger partial charge in [0, 0.05) is 36.8 Å². The molecule has 1 aliphatic carbocycles. The molecule has 178 valence electrons. The number of rotatable bonds is 2. The number of nitrogens with one attached hydrogen (secondary N) is 2. The van der Waals surface area contributed by atoms with E-state index < -0.39 is 60.2 Å². The molecule has 1 saturated carbocycles. The summed E-state index contributed by atoms with van der Waals surface area (Å²) in [5, 5.41) is 8.31. The Morgan fingerprint density at radius 3 is 2.27 bits per heavy atom. The van der Waals surface area contributed by atoms with E-state index in [1.165, 1.54) is 0 Å². The highest BCUT2D eigenvalue weighted by Crippen LogP contribution is 2.48. The van der Waals surface area contributed by atoms with Gasteiger partial charge in [-0.15, -0.1) is 0 Å². The smallest absolute Gasteiger partial charge is 0.326 e. The zero-order valence-electron chi connectivity index (χ0n) is 16.2. The van der Waals surface area contributed by atoms with Gasteiger partial charge in [-0.25, -0.2) is 23.4 Å². The van der Waals surface area contributed by atoms with Crippen molar-refractivity contribution in [3.63, 3.8) is 0 Å². The van der Waals surface area contributed by atoms with Gasteiger partial charge in [0.15, 0.2) is 5.69 Å². The van der Waals surface area contributed by atoms with E-state index in [0.29, 0.717) is 16.8 Å². The predicted octanol–water partition coefficient (Wildman–Crippen LogP) is 3.25. The van der Waals surface area contributed by atoms with Crippen molar-refractivity contribution in [2.75, 3.05) is 5.32 Å². The minimum atomic E-state index is -4.77. The Kier molecular flexibility index (Phi) is 5.10. The average Bonchev–Trinajstić information content (AvgIpc) is 3.16. The van der Waals surface area contributed by atoms with Crippen LogP contribution in [0.15, 0.2) is 40.6 Å². The summed E-state index contributed by atoms with van der Waals surface area (Å²) in [6, 6.07) is 2.47. The normalized spacial score (nSPS) is 23.3. The van der Waals surface area contributed by atoms with Crippen LogP contribution in [0.4, 0.5) is 40.8 Å². The van der Waals surface area contributed by atoms with Crippen LogP contribution in [0.3, 0.4) is 0 Å². The Labute approximate surface area is 179 Å². The van der Waals surface area contributed by atoms with Crippen molar-refractivity contribution < 1.29 is 35.1 Å². The van der Waals surface area contributed by atoms with E-state index in [2.05, 4.69) is 30.7 Å². The summed E-state index contributed by atoms with van der Waals surface area (Å²) < 4.78 is 105. The molecule has 0 saturated heterocycles. The summed E-state index contributed by atoms with van der Waals surface area (Å²) >= 11 is 0. The summed E-state index contributed by atoms with van der Waals surface area (Å²) in [6.45, 7) is 0.